The van der Waals surface area contributed by atoms with E-state index in [1.807, 2.05) is 48.5 Å². The van der Waals surface area contributed by atoms with Crippen LogP contribution < -0.4 is 15.0 Å². The number of rotatable bonds is 7. The molecule has 6 rings (SSSR count). The molecular weight excluding hydrogens is 536 g/mol. The molecule has 4 aromatic rings. The number of anilines is 1. The third kappa shape index (κ3) is 4.27. The first-order valence-electron chi connectivity index (χ1n) is 13.7. The quantitative estimate of drug-likeness (QED) is 0.282. The number of nitrogens with one attached hydrogen (secondary N) is 2. The Morgan fingerprint density at radius 1 is 1.00 bits per heavy atom. The van der Waals surface area contributed by atoms with Crippen LogP contribution in [-0.4, -0.2) is 58.0 Å². The minimum absolute atomic E-state index is 0.0379. The number of carboxylic acid groups (broad SMARTS) is 1. The van der Waals surface area contributed by atoms with Crippen molar-refractivity contribution in [2.75, 3.05) is 12.0 Å². The first-order chi connectivity index (χ1) is 20.2. The van der Waals surface area contributed by atoms with Crippen LogP contribution in [0.25, 0.3) is 10.9 Å². The SMILES string of the molecule is COc1ccc([C@@H]2c3[nH]c4ccccc4c3C[C@H]3C(=O)N(c4ccccc4C(=O)N[C@@H](C(=O)O)C(C)C)C(=O)N23)cc1. The summed E-state index contributed by atoms with van der Waals surface area (Å²) in [6, 6.07) is 18.4. The average molecular weight is 567 g/mol. The third-order valence-corrected chi connectivity index (χ3v) is 8.09. The molecule has 3 heterocycles. The molecule has 3 N–H and O–H groups in total. The second-order valence-corrected chi connectivity index (χ2v) is 10.9. The molecular formula is C32H30N4O6. The van der Waals surface area contributed by atoms with Gasteiger partial charge in [0.15, 0.2) is 0 Å². The van der Waals surface area contributed by atoms with E-state index in [4.69, 9.17) is 4.74 Å². The van der Waals surface area contributed by atoms with Gasteiger partial charge in [0.05, 0.1) is 18.4 Å². The lowest BCUT2D eigenvalue weighted by molar-refractivity contribution is -0.140. The van der Waals surface area contributed by atoms with E-state index in [1.165, 1.54) is 12.1 Å². The van der Waals surface area contributed by atoms with Crippen molar-refractivity contribution >= 4 is 40.4 Å². The fraction of sp³-hybridized carbons (Fsp3) is 0.250. The van der Waals surface area contributed by atoms with Crippen LogP contribution >= 0.6 is 0 Å². The largest absolute Gasteiger partial charge is 0.497 e. The molecule has 0 bridgehead atoms. The van der Waals surface area contributed by atoms with Crippen molar-refractivity contribution < 1.29 is 29.0 Å². The number of aromatic amines is 1. The molecule has 1 saturated heterocycles. The maximum Gasteiger partial charge on any atom is 0.332 e. The molecule has 0 saturated carbocycles. The van der Waals surface area contributed by atoms with E-state index >= 15 is 0 Å². The van der Waals surface area contributed by atoms with Gasteiger partial charge in [0.25, 0.3) is 11.8 Å². The number of methoxy groups -OCH3 is 1. The predicted molar refractivity (Wildman–Crippen MR) is 156 cm³/mol. The van der Waals surface area contributed by atoms with Crippen LogP contribution in [0.3, 0.4) is 0 Å². The Bertz CT molecular complexity index is 1730. The number of benzene rings is 3. The Labute approximate surface area is 241 Å². The lowest BCUT2D eigenvalue weighted by atomic mass is 9.89. The van der Waals surface area contributed by atoms with Crippen molar-refractivity contribution in [1.29, 1.82) is 0 Å². The third-order valence-electron chi connectivity index (χ3n) is 8.09. The Kier molecular flexibility index (Phi) is 6.68. The molecule has 10 nitrogen and oxygen atoms in total. The van der Waals surface area contributed by atoms with E-state index < -0.39 is 41.9 Å². The highest BCUT2D eigenvalue weighted by Gasteiger charge is 2.53. The highest BCUT2D eigenvalue weighted by atomic mass is 16.5. The molecule has 3 aromatic carbocycles. The van der Waals surface area contributed by atoms with Gasteiger partial charge in [0.1, 0.15) is 23.9 Å². The maximum atomic E-state index is 14.3. The summed E-state index contributed by atoms with van der Waals surface area (Å²) in [5.41, 5.74) is 3.64. The molecule has 42 heavy (non-hydrogen) atoms. The molecule has 3 atom stereocenters. The molecule has 2 aliphatic heterocycles. The summed E-state index contributed by atoms with van der Waals surface area (Å²) >= 11 is 0. The van der Waals surface area contributed by atoms with Gasteiger partial charge in [-0.05, 0) is 47.4 Å². The number of carbonyl (C=O) groups is 4. The molecule has 0 aliphatic carbocycles. The fourth-order valence-corrected chi connectivity index (χ4v) is 6.02. The van der Waals surface area contributed by atoms with Gasteiger partial charge < -0.3 is 20.1 Å². The van der Waals surface area contributed by atoms with Crippen molar-refractivity contribution in [3.8, 4) is 5.75 Å². The monoisotopic (exact) mass is 566 g/mol. The smallest absolute Gasteiger partial charge is 0.332 e. The normalized spacial score (nSPS) is 18.7. The Morgan fingerprint density at radius 2 is 1.69 bits per heavy atom. The molecule has 1 fully saturated rings. The van der Waals surface area contributed by atoms with Gasteiger partial charge in [-0.15, -0.1) is 0 Å². The fourth-order valence-electron chi connectivity index (χ4n) is 6.02. The topological polar surface area (TPSA) is 132 Å². The van der Waals surface area contributed by atoms with Gasteiger partial charge in [-0.25, -0.2) is 14.5 Å². The van der Waals surface area contributed by atoms with Gasteiger partial charge in [-0.2, -0.15) is 0 Å². The summed E-state index contributed by atoms with van der Waals surface area (Å²) in [7, 11) is 1.58. The number of para-hydroxylation sites is 2. The van der Waals surface area contributed by atoms with E-state index in [0.29, 0.717) is 12.2 Å². The van der Waals surface area contributed by atoms with E-state index in [2.05, 4.69) is 10.3 Å². The highest BCUT2D eigenvalue weighted by molar-refractivity contribution is 6.24. The number of hydrogen-bond acceptors (Lipinski definition) is 5. The van der Waals surface area contributed by atoms with E-state index in [0.717, 1.165) is 32.6 Å². The molecule has 0 spiro atoms. The number of amides is 4. The number of H-pyrrole nitrogens is 1. The van der Waals surface area contributed by atoms with Crippen molar-refractivity contribution in [2.24, 2.45) is 5.92 Å². The summed E-state index contributed by atoms with van der Waals surface area (Å²) in [5, 5.41) is 13.1. The minimum atomic E-state index is -1.17. The summed E-state index contributed by atoms with van der Waals surface area (Å²) in [4.78, 5) is 59.6. The molecule has 10 heteroatoms. The van der Waals surface area contributed by atoms with Crippen LogP contribution in [-0.2, 0) is 16.0 Å². The maximum absolute atomic E-state index is 14.3. The summed E-state index contributed by atoms with van der Waals surface area (Å²) in [6.45, 7) is 3.38. The average Bonchev–Trinajstić information content (AvgIpc) is 3.48. The van der Waals surface area contributed by atoms with Crippen LogP contribution in [0.4, 0.5) is 10.5 Å². The zero-order valence-electron chi connectivity index (χ0n) is 23.3. The number of carboxylic acids is 1. The number of nitrogens with zero attached hydrogens (tertiary/aromatic N) is 2. The van der Waals surface area contributed by atoms with E-state index in [1.54, 1.807) is 38.0 Å². The van der Waals surface area contributed by atoms with Crippen LogP contribution in [0.5, 0.6) is 5.75 Å². The molecule has 0 radical (unpaired) electrons. The number of imide groups is 1. The molecule has 0 unspecified atom stereocenters. The lowest BCUT2D eigenvalue weighted by Crippen LogP contribution is -2.45. The van der Waals surface area contributed by atoms with E-state index in [-0.39, 0.29) is 17.2 Å². The first-order valence-corrected chi connectivity index (χ1v) is 13.7. The van der Waals surface area contributed by atoms with Crippen LogP contribution in [0.1, 0.15) is 47.1 Å². The van der Waals surface area contributed by atoms with Crippen molar-refractivity contribution in [3.05, 3.63) is 95.2 Å². The Balaban J connectivity index is 1.44. The molecule has 4 amide bonds. The van der Waals surface area contributed by atoms with Crippen LogP contribution in [0.15, 0.2) is 72.8 Å². The van der Waals surface area contributed by atoms with Gasteiger partial charge in [0.2, 0.25) is 0 Å². The molecule has 1 aromatic heterocycles. The minimum Gasteiger partial charge on any atom is -0.497 e. The van der Waals surface area contributed by atoms with Crippen LogP contribution in [0.2, 0.25) is 0 Å². The summed E-state index contributed by atoms with van der Waals surface area (Å²) in [5.74, 6) is -2.02. The molecule has 214 valence electrons. The van der Waals surface area contributed by atoms with Crippen LogP contribution in [0, 0.1) is 5.92 Å². The second kappa shape index (κ2) is 10.4. The van der Waals surface area contributed by atoms with Gasteiger partial charge in [-0.3, -0.25) is 14.5 Å². The second-order valence-electron chi connectivity index (χ2n) is 10.9. The van der Waals surface area contributed by atoms with Crippen molar-refractivity contribution in [3.63, 3.8) is 0 Å². The zero-order chi connectivity index (χ0) is 29.7. The Morgan fingerprint density at radius 3 is 2.38 bits per heavy atom. The standard InChI is InChI=1S/C32H30N4O6/c1-17(2)26(31(39)40)34-29(37)21-9-5-7-11-24(21)36-30(38)25-16-22-20-8-4-6-10-23(20)33-27(22)28(35(25)32(36)41)18-12-14-19(42-3)15-13-18/h4-15,17,25-26,28,33H,16H2,1-3H3,(H,34,37)(H,39,40)/t25-,26+,28+/m0/s1. The summed E-state index contributed by atoms with van der Waals surface area (Å²) < 4.78 is 5.34. The van der Waals surface area contributed by atoms with Crippen molar-refractivity contribution in [1.82, 2.24) is 15.2 Å². The lowest BCUT2D eigenvalue weighted by Gasteiger charge is -2.36. The van der Waals surface area contributed by atoms with Crippen molar-refractivity contribution in [2.45, 2.75) is 38.4 Å². The number of carbonyl (C=O) groups excluding carboxylic acids is 3. The highest BCUT2D eigenvalue weighted by Crippen LogP contribution is 2.45. The number of aliphatic carboxylic acids is 1. The molecule has 2 aliphatic rings. The number of urea groups is 1. The van der Waals surface area contributed by atoms with Gasteiger partial charge >= 0.3 is 12.0 Å². The van der Waals surface area contributed by atoms with Gasteiger partial charge in [-0.1, -0.05) is 56.3 Å². The number of hydrogen-bond donors (Lipinski definition) is 3. The Hall–Kier alpha value is -5.12. The summed E-state index contributed by atoms with van der Waals surface area (Å²) in [6.07, 6.45) is 0.301. The van der Waals surface area contributed by atoms with E-state index in [9.17, 15) is 24.3 Å². The number of fused-ring (bicyclic) bond motifs is 4. The predicted octanol–water partition coefficient (Wildman–Crippen LogP) is 4.50. The number of ether oxygens (including phenoxy) is 1. The zero-order valence-corrected chi connectivity index (χ0v) is 23.3. The number of aromatic nitrogens is 1. The van der Waals surface area contributed by atoms with Gasteiger partial charge in [0, 0.05) is 23.0 Å². The first kappa shape index (κ1) is 27.1.